The molecule has 1 unspecified atom stereocenters. The molecule has 2 heterocycles. The zero-order valence-electron chi connectivity index (χ0n) is 12.5. The Balaban J connectivity index is 2.28. The van der Waals surface area contributed by atoms with Crippen molar-refractivity contribution in [2.75, 3.05) is 7.11 Å². The normalized spacial score (nSPS) is 12.9. The monoisotopic (exact) mass is 279 g/mol. The number of methoxy groups -OCH3 is 1. The van der Waals surface area contributed by atoms with Gasteiger partial charge in [-0.25, -0.2) is 14.3 Å². The van der Waals surface area contributed by atoms with E-state index >= 15 is 0 Å². The molecule has 2 rings (SSSR count). The molecular formula is C13H21N5O2. The number of rotatable bonds is 5. The Morgan fingerprint density at radius 3 is 2.70 bits per heavy atom. The van der Waals surface area contributed by atoms with Crippen molar-refractivity contribution in [1.82, 2.24) is 24.5 Å². The fourth-order valence-corrected chi connectivity index (χ4v) is 2.41. The number of hydrogen-bond donors (Lipinski definition) is 1. The Bertz CT molecular complexity index is 588. The quantitative estimate of drug-likeness (QED) is 0.889. The number of aliphatic hydroxyl groups excluding tert-OH is 1. The van der Waals surface area contributed by atoms with Crippen LogP contribution in [0.5, 0.6) is 5.88 Å². The molecule has 0 aliphatic heterocycles. The summed E-state index contributed by atoms with van der Waals surface area (Å²) in [4.78, 5) is 4.22. The van der Waals surface area contributed by atoms with Crippen LogP contribution >= 0.6 is 0 Å². The van der Waals surface area contributed by atoms with Crippen LogP contribution < -0.4 is 4.74 Å². The van der Waals surface area contributed by atoms with E-state index in [2.05, 4.69) is 15.2 Å². The molecule has 0 fully saturated rings. The third kappa shape index (κ3) is 2.53. The average molecular weight is 279 g/mol. The molecule has 2 aromatic heterocycles. The number of aryl methyl sites for hydroxylation is 2. The van der Waals surface area contributed by atoms with Crippen LogP contribution in [0.2, 0.25) is 0 Å². The van der Waals surface area contributed by atoms with Gasteiger partial charge in [0, 0.05) is 19.5 Å². The molecule has 20 heavy (non-hydrogen) atoms. The van der Waals surface area contributed by atoms with E-state index in [1.807, 2.05) is 20.8 Å². The Morgan fingerprint density at radius 2 is 2.10 bits per heavy atom. The topological polar surface area (TPSA) is 78.0 Å². The summed E-state index contributed by atoms with van der Waals surface area (Å²) in [7, 11) is 3.36. The van der Waals surface area contributed by atoms with E-state index in [4.69, 9.17) is 4.74 Å². The second-order valence-electron chi connectivity index (χ2n) is 5.07. The minimum absolute atomic E-state index is 0.205. The summed E-state index contributed by atoms with van der Waals surface area (Å²) < 4.78 is 8.75. The molecule has 2 aromatic rings. The molecule has 0 aliphatic carbocycles. The lowest BCUT2D eigenvalue weighted by molar-refractivity contribution is 0.167. The van der Waals surface area contributed by atoms with Crippen molar-refractivity contribution in [3.63, 3.8) is 0 Å². The zero-order valence-corrected chi connectivity index (χ0v) is 12.5. The van der Waals surface area contributed by atoms with E-state index < -0.39 is 6.10 Å². The van der Waals surface area contributed by atoms with Crippen molar-refractivity contribution < 1.29 is 9.84 Å². The van der Waals surface area contributed by atoms with Crippen LogP contribution in [0.25, 0.3) is 0 Å². The molecule has 0 amide bonds. The highest BCUT2D eigenvalue weighted by atomic mass is 16.5. The molecular weight excluding hydrogens is 258 g/mol. The van der Waals surface area contributed by atoms with Gasteiger partial charge in [-0.1, -0.05) is 0 Å². The van der Waals surface area contributed by atoms with Crippen molar-refractivity contribution >= 4 is 0 Å². The van der Waals surface area contributed by atoms with Gasteiger partial charge < -0.3 is 9.84 Å². The molecule has 7 heteroatoms. The SMILES string of the molecule is COc1c(C(O)Cc2ncnn2C(C)C)c(C)nn1C. The van der Waals surface area contributed by atoms with Gasteiger partial charge in [-0.3, -0.25) is 0 Å². The van der Waals surface area contributed by atoms with Crippen LogP contribution in [-0.2, 0) is 13.5 Å². The standard InChI is InChI=1S/C13H21N5O2/c1-8(2)18-11(14-7-15-18)6-10(19)12-9(3)16-17(4)13(12)20-5/h7-8,10,19H,6H2,1-5H3. The molecule has 0 aliphatic rings. The number of nitrogens with zero attached hydrogens (tertiary/aromatic N) is 5. The second kappa shape index (κ2) is 5.62. The lowest BCUT2D eigenvalue weighted by Crippen LogP contribution is -2.13. The van der Waals surface area contributed by atoms with E-state index in [0.29, 0.717) is 17.9 Å². The highest BCUT2D eigenvalue weighted by molar-refractivity contribution is 5.33. The van der Waals surface area contributed by atoms with Crippen molar-refractivity contribution in [3.05, 3.63) is 23.4 Å². The summed E-state index contributed by atoms with van der Waals surface area (Å²) in [6, 6.07) is 0.205. The summed E-state index contributed by atoms with van der Waals surface area (Å²) in [5.74, 6) is 1.32. The average Bonchev–Trinajstić information content (AvgIpc) is 2.93. The number of ether oxygens (including phenoxy) is 1. The fourth-order valence-electron chi connectivity index (χ4n) is 2.41. The van der Waals surface area contributed by atoms with Gasteiger partial charge in [-0.2, -0.15) is 10.2 Å². The Kier molecular flexibility index (Phi) is 4.08. The van der Waals surface area contributed by atoms with Crippen molar-refractivity contribution in [3.8, 4) is 5.88 Å². The number of hydrogen-bond acceptors (Lipinski definition) is 5. The minimum Gasteiger partial charge on any atom is -0.481 e. The summed E-state index contributed by atoms with van der Waals surface area (Å²) >= 11 is 0. The molecule has 0 spiro atoms. The first-order chi connectivity index (χ1) is 9.45. The van der Waals surface area contributed by atoms with Gasteiger partial charge in [0.15, 0.2) is 0 Å². The minimum atomic E-state index is -0.722. The van der Waals surface area contributed by atoms with E-state index in [9.17, 15) is 5.11 Å². The van der Waals surface area contributed by atoms with Crippen LogP contribution in [0.15, 0.2) is 6.33 Å². The summed E-state index contributed by atoms with van der Waals surface area (Å²) in [5.41, 5.74) is 1.46. The Labute approximate surface area is 118 Å². The predicted octanol–water partition coefficient (Wildman–Crippen LogP) is 1.19. The van der Waals surface area contributed by atoms with Gasteiger partial charge in [-0.05, 0) is 20.8 Å². The maximum Gasteiger partial charge on any atom is 0.217 e. The zero-order chi connectivity index (χ0) is 14.9. The largest absolute Gasteiger partial charge is 0.481 e. The van der Waals surface area contributed by atoms with Crippen LogP contribution in [-0.4, -0.2) is 36.8 Å². The van der Waals surface area contributed by atoms with E-state index in [1.54, 1.807) is 23.5 Å². The third-order valence-corrected chi connectivity index (χ3v) is 3.25. The van der Waals surface area contributed by atoms with Crippen LogP contribution in [0.1, 0.15) is 43.1 Å². The molecule has 0 bridgehead atoms. The molecule has 110 valence electrons. The first kappa shape index (κ1) is 14.5. The summed E-state index contributed by atoms with van der Waals surface area (Å²) in [6.45, 7) is 5.91. The lowest BCUT2D eigenvalue weighted by atomic mass is 10.1. The molecule has 0 saturated heterocycles. The molecule has 7 nitrogen and oxygen atoms in total. The van der Waals surface area contributed by atoms with Crippen molar-refractivity contribution in [2.24, 2.45) is 7.05 Å². The molecule has 1 N–H and O–H groups in total. The van der Waals surface area contributed by atoms with Gasteiger partial charge >= 0.3 is 0 Å². The first-order valence-electron chi connectivity index (χ1n) is 6.59. The molecule has 0 aromatic carbocycles. The van der Waals surface area contributed by atoms with E-state index in [1.165, 1.54) is 6.33 Å². The van der Waals surface area contributed by atoms with Gasteiger partial charge in [-0.15, -0.1) is 0 Å². The Morgan fingerprint density at radius 1 is 1.40 bits per heavy atom. The van der Waals surface area contributed by atoms with Crippen LogP contribution in [0.3, 0.4) is 0 Å². The molecule has 1 atom stereocenters. The van der Waals surface area contributed by atoms with Gasteiger partial charge in [0.25, 0.3) is 0 Å². The Hall–Kier alpha value is -1.89. The third-order valence-electron chi connectivity index (χ3n) is 3.25. The second-order valence-corrected chi connectivity index (χ2v) is 5.07. The van der Waals surface area contributed by atoms with Crippen molar-refractivity contribution in [1.29, 1.82) is 0 Å². The maximum atomic E-state index is 10.5. The molecule has 0 radical (unpaired) electrons. The van der Waals surface area contributed by atoms with Gasteiger partial charge in [0.2, 0.25) is 5.88 Å². The smallest absolute Gasteiger partial charge is 0.217 e. The highest BCUT2D eigenvalue weighted by Crippen LogP contribution is 2.29. The van der Waals surface area contributed by atoms with Gasteiger partial charge in [0.05, 0.1) is 24.5 Å². The number of aliphatic hydroxyl groups is 1. The first-order valence-corrected chi connectivity index (χ1v) is 6.59. The predicted molar refractivity (Wildman–Crippen MR) is 73.6 cm³/mol. The van der Waals surface area contributed by atoms with Crippen LogP contribution in [0, 0.1) is 6.92 Å². The lowest BCUT2D eigenvalue weighted by Gasteiger charge is -2.14. The van der Waals surface area contributed by atoms with Crippen molar-refractivity contribution in [2.45, 2.75) is 39.3 Å². The highest BCUT2D eigenvalue weighted by Gasteiger charge is 2.23. The van der Waals surface area contributed by atoms with Gasteiger partial charge in [0.1, 0.15) is 12.2 Å². The van der Waals surface area contributed by atoms with E-state index in [-0.39, 0.29) is 6.04 Å². The maximum absolute atomic E-state index is 10.5. The summed E-state index contributed by atoms with van der Waals surface area (Å²) in [6.07, 6.45) is 1.16. The number of aromatic nitrogens is 5. The fraction of sp³-hybridized carbons (Fsp3) is 0.615. The van der Waals surface area contributed by atoms with Crippen LogP contribution in [0.4, 0.5) is 0 Å². The molecule has 0 saturated carbocycles. The van der Waals surface area contributed by atoms with E-state index in [0.717, 1.165) is 11.5 Å². The summed E-state index contributed by atoms with van der Waals surface area (Å²) in [5, 5.41) is 18.9.